The third kappa shape index (κ3) is 15.6. The van der Waals surface area contributed by atoms with E-state index in [1.807, 2.05) is 6.08 Å². The van der Waals surface area contributed by atoms with Gasteiger partial charge < -0.3 is 5.11 Å². The number of carboxylic acid groups (broad SMARTS) is 1. The molecular formula is C20H38O2. The van der Waals surface area contributed by atoms with Crippen LogP contribution in [-0.2, 0) is 4.79 Å². The third-order valence-electron chi connectivity index (χ3n) is 4.62. The molecule has 0 saturated carbocycles. The van der Waals surface area contributed by atoms with Crippen molar-refractivity contribution in [2.75, 3.05) is 0 Å². The van der Waals surface area contributed by atoms with Gasteiger partial charge in [-0.2, -0.15) is 0 Å². The molecule has 0 aromatic rings. The van der Waals surface area contributed by atoms with Gasteiger partial charge in [0.25, 0.3) is 0 Å². The number of carbonyl (C=O) groups is 1. The minimum absolute atomic E-state index is 0.390. The van der Waals surface area contributed by atoms with E-state index >= 15 is 0 Å². The average Bonchev–Trinajstić information content (AvgIpc) is 2.50. The number of allylic oxidation sites excluding steroid dienone is 1. The average molecular weight is 311 g/mol. The Morgan fingerprint density at radius 1 is 0.864 bits per heavy atom. The topological polar surface area (TPSA) is 37.3 Å². The fraction of sp³-hybridized carbons (Fsp3) is 0.850. The Morgan fingerprint density at radius 3 is 1.77 bits per heavy atom. The third-order valence-corrected chi connectivity index (χ3v) is 4.62. The van der Waals surface area contributed by atoms with E-state index in [-0.39, 0.29) is 0 Å². The van der Waals surface area contributed by atoms with Crippen molar-refractivity contribution in [3.05, 3.63) is 12.2 Å². The molecule has 2 atom stereocenters. The molecule has 0 aromatic carbocycles. The molecule has 130 valence electrons. The van der Waals surface area contributed by atoms with Crippen LogP contribution >= 0.6 is 0 Å². The van der Waals surface area contributed by atoms with Gasteiger partial charge in [-0.15, -0.1) is 0 Å². The van der Waals surface area contributed by atoms with Crippen molar-refractivity contribution in [1.82, 2.24) is 0 Å². The number of hydrogen-bond donors (Lipinski definition) is 1. The van der Waals surface area contributed by atoms with Gasteiger partial charge in [0.15, 0.2) is 0 Å². The molecule has 0 bridgehead atoms. The fourth-order valence-electron chi connectivity index (χ4n) is 2.74. The highest BCUT2D eigenvalue weighted by Crippen LogP contribution is 2.16. The first kappa shape index (κ1) is 21.2. The van der Waals surface area contributed by atoms with E-state index in [1.54, 1.807) is 0 Å². The molecule has 0 aliphatic rings. The molecule has 0 radical (unpaired) electrons. The van der Waals surface area contributed by atoms with E-state index in [1.165, 1.54) is 76.7 Å². The molecule has 0 spiro atoms. The highest BCUT2D eigenvalue weighted by atomic mass is 16.4. The summed E-state index contributed by atoms with van der Waals surface area (Å²) in [7, 11) is 0. The summed E-state index contributed by atoms with van der Waals surface area (Å²) in [5.74, 6) is 0.463. The molecule has 0 saturated heterocycles. The summed E-state index contributed by atoms with van der Waals surface area (Å²) >= 11 is 0. The molecule has 2 heteroatoms. The Labute approximate surface area is 138 Å². The maximum Gasteiger partial charge on any atom is 0.327 e. The number of hydrogen-bond acceptors (Lipinski definition) is 1. The maximum atomic E-state index is 10.4. The second-order valence-corrected chi connectivity index (χ2v) is 6.95. The van der Waals surface area contributed by atoms with Crippen molar-refractivity contribution >= 4 is 5.97 Å². The smallest absolute Gasteiger partial charge is 0.327 e. The van der Waals surface area contributed by atoms with Crippen LogP contribution in [0, 0.1) is 11.8 Å². The van der Waals surface area contributed by atoms with E-state index in [4.69, 9.17) is 5.11 Å². The minimum Gasteiger partial charge on any atom is -0.478 e. The molecule has 2 nitrogen and oxygen atoms in total. The lowest BCUT2D eigenvalue weighted by atomic mass is 9.99. The van der Waals surface area contributed by atoms with Crippen LogP contribution in [0.4, 0.5) is 0 Å². The highest BCUT2D eigenvalue weighted by Gasteiger charge is 2.00. The molecule has 22 heavy (non-hydrogen) atoms. The van der Waals surface area contributed by atoms with Crippen LogP contribution in [0.5, 0.6) is 0 Å². The van der Waals surface area contributed by atoms with E-state index in [0.717, 1.165) is 12.3 Å². The van der Waals surface area contributed by atoms with Crippen LogP contribution in [0.1, 0.15) is 97.8 Å². The van der Waals surface area contributed by atoms with Crippen LogP contribution < -0.4 is 0 Å². The van der Waals surface area contributed by atoms with Gasteiger partial charge in [-0.3, -0.25) is 0 Å². The lowest BCUT2D eigenvalue weighted by Gasteiger charge is -2.07. The van der Waals surface area contributed by atoms with E-state index in [9.17, 15) is 4.79 Å². The number of carboxylic acids is 1. The summed E-state index contributed by atoms with van der Waals surface area (Å²) in [5, 5.41) is 8.56. The number of aliphatic carboxylic acids is 1. The largest absolute Gasteiger partial charge is 0.478 e. The second kappa shape index (κ2) is 15.1. The summed E-state index contributed by atoms with van der Waals surface area (Å²) in [6.07, 6.45) is 19.2. The van der Waals surface area contributed by atoms with Crippen LogP contribution in [0.2, 0.25) is 0 Å². The quantitative estimate of drug-likeness (QED) is 0.273. The van der Waals surface area contributed by atoms with Gasteiger partial charge in [0.2, 0.25) is 0 Å². The molecule has 0 fully saturated rings. The standard InChI is InChI=1S/C20H38O2/c1-4-18(2)14-12-10-8-6-5-7-9-11-13-15-19(3)16-17-20(21)22/h16-19H,4-15H2,1-3H3,(H,21,22). The second-order valence-electron chi connectivity index (χ2n) is 6.95. The zero-order chi connectivity index (χ0) is 16.6. The fourth-order valence-corrected chi connectivity index (χ4v) is 2.74. The Hall–Kier alpha value is -0.790. The van der Waals surface area contributed by atoms with Crippen molar-refractivity contribution in [3.63, 3.8) is 0 Å². The first-order valence-corrected chi connectivity index (χ1v) is 9.47. The Bertz CT molecular complexity index is 283. The lowest BCUT2D eigenvalue weighted by molar-refractivity contribution is -0.131. The number of rotatable bonds is 15. The van der Waals surface area contributed by atoms with Crippen molar-refractivity contribution in [1.29, 1.82) is 0 Å². The Kier molecular flexibility index (Phi) is 14.6. The summed E-state index contributed by atoms with van der Waals surface area (Å²) < 4.78 is 0. The SMILES string of the molecule is CCC(C)CCCCCCCCCCCC(C)C=CC(=O)O. The molecule has 0 aliphatic heterocycles. The molecule has 2 unspecified atom stereocenters. The van der Waals surface area contributed by atoms with Gasteiger partial charge >= 0.3 is 5.97 Å². The van der Waals surface area contributed by atoms with Crippen molar-refractivity contribution in [2.24, 2.45) is 11.8 Å². The zero-order valence-electron chi connectivity index (χ0n) is 15.2. The van der Waals surface area contributed by atoms with Crippen molar-refractivity contribution in [2.45, 2.75) is 97.8 Å². The van der Waals surface area contributed by atoms with Crippen molar-refractivity contribution < 1.29 is 9.90 Å². The van der Waals surface area contributed by atoms with Gasteiger partial charge in [0.05, 0.1) is 0 Å². The Balaban J connectivity index is 3.22. The molecule has 0 aliphatic carbocycles. The molecular weight excluding hydrogens is 272 g/mol. The first-order valence-electron chi connectivity index (χ1n) is 9.47. The van der Waals surface area contributed by atoms with Crippen LogP contribution in [-0.4, -0.2) is 11.1 Å². The van der Waals surface area contributed by atoms with Crippen LogP contribution in [0.3, 0.4) is 0 Å². The van der Waals surface area contributed by atoms with Gasteiger partial charge in [-0.25, -0.2) is 4.79 Å². The predicted octanol–water partition coefficient (Wildman–Crippen LogP) is 6.60. The minimum atomic E-state index is -0.837. The molecule has 0 rings (SSSR count). The van der Waals surface area contributed by atoms with Gasteiger partial charge in [-0.1, -0.05) is 97.5 Å². The summed E-state index contributed by atoms with van der Waals surface area (Å²) in [4.78, 5) is 10.4. The van der Waals surface area contributed by atoms with Crippen molar-refractivity contribution in [3.8, 4) is 0 Å². The van der Waals surface area contributed by atoms with E-state index in [0.29, 0.717) is 5.92 Å². The maximum absolute atomic E-state index is 10.4. The van der Waals surface area contributed by atoms with Gasteiger partial charge in [0.1, 0.15) is 0 Å². The van der Waals surface area contributed by atoms with E-state index in [2.05, 4.69) is 20.8 Å². The first-order chi connectivity index (χ1) is 10.6. The zero-order valence-corrected chi connectivity index (χ0v) is 15.2. The van der Waals surface area contributed by atoms with Crippen LogP contribution in [0.15, 0.2) is 12.2 Å². The van der Waals surface area contributed by atoms with Gasteiger partial charge in [-0.05, 0) is 18.3 Å². The lowest BCUT2D eigenvalue weighted by Crippen LogP contribution is -1.93. The summed E-state index contributed by atoms with van der Waals surface area (Å²) in [6, 6.07) is 0. The number of unbranched alkanes of at least 4 members (excludes halogenated alkanes) is 8. The molecule has 1 N–H and O–H groups in total. The monoisotopic (exact) mass is 310 g/mol. The summed E-state index contributed by atoms with van der Waals surface area (Å²) in [6.45, 7) is 6.74. The van der Waals surface area contributed by atoms with Gasteiger partial charge in [0, 0.05) is 6.08 Å². The Morgan fingerprint density at radius 2 is 1.32 bits per heavy atom. The van der Waals surface area contributed by atoms with E-state index < -0.39 is 5.97 Å². The molecule has 0 aromatic heterocycles. The normalized spacial score (nSPS) is 14.3. The summed E-state index contributed by atoms with van der Waals surface area (Å²) in [5.41, 5.74) is 0. The molecule has 0 amide bonds. The predicted molar refractivity (Wildman–Crippen MR) is 96.2 cm³/mol. The highest BCUT2D eigenvalue weighted by molar-refractivity contribution is 5.79. The van der Waals surface area contributed by atoms with Crippen LogP contribution in [0.25, 0.3) is 0 Å². The molecule has 0 heterocycles.